The maximum absolute atomic E-state index is 12.9. The van der Waals surface area contributed by atoms with Gasteiger partial charge in [-0.25, -0.2) is 84.3 Å². The summed E-state index contributed by atoms with van der Waals surface area (Å²) >= 11 is 0. The van der Waals surface area contributed by atoms with Gasteiger partial charge >= 0.3 is 59.8 Å². The van der Waals surface area contributed by atoms with E-state index in [0.717, 1.165) is 0 Å². The Hall–Kier alpha value is -4.70. The van der Waals surface area contributed by atoms with E-state index in [4.69, 9.17) is 13.6 Å². The molecule has 55 heavy (non-hydrogen) atoms. The van der Waals surface area contributed by atoms with E-state index in [1.165, 1.54) is 0 Å². The van der Waals surface area contributed by atoms with Crippen LogP contribution in [0.2, 0.25) is 0 Å². The zero-order valence-corrected chi connectivity index (χ0v) is 30.2. The van der Waals surface area contributed by atoms with E-state index in [1.54, 1.807) is 0 Å². The molecule has 0 aliphatic carbocycles. The fraction of sp³-hybridized carbons (Fsp3) is 0.667. The minimum absolute atomic E-state index is 0.487. The van der Waals surface area contributed by atoms with Crippen LogP contribution in [0, 0.1) is 0 Å². The van der Waals surface area contributed by atoms with E-state index in [0.29, 0.717) is 41.1 Å². The van der Waals surface area contributed by atoms with Gasteiger partial charge in [0.15, 0.2) is 0 Å². The van der Waals surface area contributed by atoms with E-state index in [1.807, 2.05) is 0 Å². The van der Waals surface area contributed by atoms with Crippen LogP contribution in [0.4, 0.5) is 0 Å². The third-order valence-electron chi connectivity index (χ3n) is 7.63. The first-order valence-electron chi connectivity index (χ1n) is 16.5. The van der Waals surface area contributed by atoms with Crippen molar-refractivity contribution in [3.05, 3.63) is 94.4 Å². The van der Waals surface area contributed by atoms with Gasteiger partial charge in [-0.1, -0.05) is 0 Å². The monoisotopic (exact) mass is 811 g/mol. The minimum atomic E-state index is -2.63. The topological polar surface area (TPSA) is 347 Å². The van der Waals surface area contributed by atoms with Crippen LogP contribution in [-0.2, 0) is 72.5 Å². The number of aliphatic hydroxyl groups is 6. The average molecular weight is 812 g/mol. The van der Waals surface area contributed by atoms with Crippen molar-refractivity contribution < 1.29 is 44.2 Å². The molecule has 0 spiro atoms. The molecule has 0 atom stereocenters. The number of rotatable bonds is 24. The van der Waals surface area contributed by atoms with Crippen LogP contribution in [0.25, 0.3) is 0 Å². The van der Waals surface area contributed by atoms with Crippen molar-refractivity contribution in [2.45, 2.75) is 58.9 Å². The van der Waals surface area contributed by atoms with Crippen molar-refractivity contribution in [2.75, 3.05) is 59.5 Å². The second-order valence-electron chi connectivity index (χ2n) is 11.0. The first-order valence-corrected chi connectivity index (χ1v) is 17.6. The molecule has 27 nitrogen and oxygen atoms in total. The van der Waals surface area contributed by atoms with Gasteiger partial charge in [-0.15, -0.1) is 0 Å². The standard InChI is InChI=1S/C27H42N9O18P/c37-10-1-28-19(43)29(2-11-38)23(47)34(22(28)46)7-16-52-55(53-17-8-35-24(48)30(3-12-39)20(44)31(4-13-40)25(35)49)54-18-9-36-26(50)32(5-14-41)21(45)33(6-15-42)27(36)51/h37-42H,1-18H2. The maximum Gasteiger partial charge on any atom is 0.336 e. The Morgan fingerprint density at radius 2 is 0.436 bits per heavy atom. The van der Waals surface area contributed by atoms with Crippen molar-refractivity contribution in [1.29, 1.82) is 0 Å². The summed E-state index contributed by atoms with van der Waals surface area (Å²) in [5, 5.41) is 56.0. The highest BCUT2D eigenvalue weighted by molar-refractivity contribution is 7.41. The summed E-state index contributed by atoms with van der Waals surface area (Å²) in [4.78, 5) is 115. The van der Waals surface area contributed by atoms with E-state index in [-0.39, 0.29) is 0 Å². The molecule has 6 N–H and O–H groups in total. The van der Waals surface area contributed by atoms with Gasteiger partial charge < -0.3 is 44.2 Å². The van der Waals surface area contributed by atoms with Crippen molar-refractivity contribution in [2.24, 2.45) is 0 Å². The van der Waals surface area contributed by atoms with Gasteiger partial charge in [0.2, 0.25) is 0 Å². The van der Waals surface area contributed by atoms with Gasteiger partial charge in [0, 0.05) is 0 Å². The molecule has 3 rings (SSSR count). The zero-order chi connectivity index (χ0) is 40.8. The molecule has 0 radical (unpaired) electrons. The Bertz CT molecular complexity index is 1920. The molecule has 0 bridgehead atoms. The summed E-state index contributed by atoms with van der Waals surface area (Å²) in [5.41, 5.74) is -9.99. The van der Waals surface area contributed by atoms with Gasteiger partial charge in [-0.2, -0.15) is 0 Å². The lowest BCUT2D eigenvalue weighted by Crippen LogP contribution is -2.55. The van der Waals surface area contributed by atoms with Crippen LogP contribution < -0.4 is 51.2 Å². The predicted molar refractivity (Wildman–Crippen MR) is 185 cm³/mol. The largest absolute Gasteiger partial charge is 0.395 e. The Balaban J connectivity index is 1.95. The van der Waals surface area contributed by atoms with E-state index in [9.17, 15) is 73.8 Å². The second-order valence-corrected chi connectivity index (χ2v) is 12.2. The first-order chi connectivity index (χ1) is 26.3. The summed E-state index contributed by atoms with van der Waals surface area (Å²) in [6.45, 7) is -10.2. The second kappa shape index (κ2) is 21.4. The van der Waals surface area contributed by atoms with Crippen LogP contribution in [0.3, 0.4) is 0 Å². The third kappa shape index (κ3) is 10.3. The molecule has 0 aliphatic rings. The van der Waals surface area contributed by atoms with E-state index in [2.05, 4.69) is 0 Å². The predicted octanol–water partition coefficient (Wildman–Crippen LogP) is -9.23. The molecule has 3 heterocycles. The van der Waals surface area contributed by atoms with Crippen LogP contribution >= 0.6 is 8.60 Å². The molecule has 0 amide bonds. The van der Waals surface area contributed by atoms with Crippen LogP contribution in [0.15, 0.2) is 43.2 Å². The lowest BCUT2D eigenvalue weighted by atomic mass is 10.6. The van der Waals surface area contributed by atoms with Gasteiger partial charge in [0.25, 0.3) is 0 Å². The molecule has 0 aliphatic heterocycles. The third-order valence-corrected chi connectivity index (χ3v) is 8.81. The highest BCUT2D eigenvalue weighted by Crippen LogP contribution is 2.39. The van der Waals surface area contributed by atoms with Crippen molar-refractivity contribution in [3.8, 4) is 0 Å². The molecule has 0 saturated heterocycles. The lowest BCUT2D eigenvalue weighted by Gasteiger charge is -2.19. The van der Waals surface area contributed by atoms with Gasteiger partial charge in [0.1, 0.15) is 0 Å². The van der Waals surface area contributed by atoms with Gasteiger partial charge in [-0.3, -0.25) is 0 Å². The summed E-state index contributed by atoms with van der Waals surface area (Å²) in [5.74, 6) is 0. The Labute approximate surface area is 306 Å². The summed E-state index contributed by atoms with van der Waals surface area (Å²) in [6, 6.07) is 0. The molecule has 3 aromatic heterocycles. The molecule has 0 saturated carbocycles. The zero-order valence-electron chi connectivity index (χ0n) is 29.3. The molecule has 308 valence electrons. The fourth-order valence-corrected chi connectivity index (χ4v) is 6.02. The van der Waals surface area contributed by atoms with Gasteiger partial charge in [0.05, 0.1) is 118 Å². The number of nitrogens with zero attached hydrogens (tertiary/aromatic N) is 9. The molecule has 0 aromatic carbocycles. The molecule has 28 heteroatoms. The maximum atomic E-state index is 12.9. The van der Waals surface area contributed by atoms with Crippen LogP contribution in [0.5, 0.6) is 0 Å². The molecule has 3 aromatic rings. The number of hydrogen-bond donors (Lipinski definition) is 6. The average Bonchev–Trinajstić information content (AvgIpc) is 3.16. The van der Waals surface area contributed by atoms with E-state index >= 15 is 0 Å². The SMILES string of the molecule is O=c1n(CCO)c(=O)n(CCOP(OCCn2c(=O)n(CCO)c(=O)n(CCO)c2=O)OCCn2c(=O)n(CCO)c(=O)n(CCO)c2=O)c(=O)n1CCO. The Morgan fingerprint density at radius 1 is 0.291 bits per heavy atom. The number of hydrogen-bond acceptors (Lipinski definition) is 18. The summed E-state index contributed by atoms with van der Waals surface area (Å²) in [7, 11) is -2.63. The summed E-state index contributed by atoms with van der Waals surface area (Å²) < 4.78 is 21.9. The van der Waals surface area contributed by atoms with Crippen LogP contribution in [0.1, 0.15) is 0 Å². The minimum Gasteiger partial charge on any atom is -0.395 e. The quantitative estimate of drug-likeness (QED) is 0.0457. The van der Waals surface area contributed by atoms with Crippen molar-refractivity contribution in [3.63, 3.8) is 0 Å². The molecule has 0 unspecified atom stereocenters. The van der Waals surface area contributed by atoms with Crippen molar-refractivity contribution >= 4 is 8.60 Å². The fourth-order valence-electron chi connectivity index (χ4n) is 5.10. The Morgan fingerprint density at radius 3 is 0.582 bits per heavy atom. The molecular weight excluding hydrogens is 769 g/mol. The first kappa shape index (κ1) is 44.7. The lowest BCUT2D eigenvalue weighted by molar-refractivity contribution is 0.144. The number of aromatic nitrogens is 9. The highest BCUT2D eigenvalue weighted by atomic mass is 31.2. The summed E-state index contributed by atoms with van der Waals surface area (Å²) in [6.07, 6.45) is 0. The Kier molecular flexibility index (Phi) is 17.4. The van der Waals surface area contributed by atoms with E-state index < -0.39 is 178 Å². The normalized spacial score (nSPS) is 11.6. The highest BCUT2D eigenvalue weighted by Gasteiger charge is 2.21. The van der Waals surface area contributed by atoms with Gasteiger partial charge in [-0.05, 0) is 0 Å². The van der Waals surface area contributed by atoms with Crippen molar-refractivity contribution in [1.82, 2.24) is 41.1 Å². The number of aliphatic hydroxyl groups excluding tert-OH is 6. The van der Waals surface area contributed by atoms with Crippen LogP contribution in [-0.4, -0.2) is 131 Å². The molecule has 0 fully saturated rings. The molecular formula is C27H42N9O18P. The smallest absolute Gasteiger partial charge is 0.336 e.